The summed E-state index contributed by atoms with van der Waals surface area (Å²) in [6, 6.07) is 5.79. The molecule has 17 heavy (non-hydrogen) atoms. The van der Waals surface area contributed by atoms with E-state index in [1.165, 1.54) is 0 Å². The number of hydrogen-bond donors (Lipinski definition) is 3. The van der Waals surface area contributed by atoms with E-state index in [4.69, 9.17) is 5.11 Å². The lowest BCUT2D eigenvalue weighted by Gasteiger charge is -2.15. The molecule has 1 aliphatic carbocycles. The lowest BCUT2D eigenvalue weighted by atomic mass is 10.0. The van der Waals surface area contributed by atoms with Gasteiger partial charge in [-0.05, 0) is 36.1 Å². The number of aryl methyl sites for hydroxylation is 1. The van der Waals surface area contributed by atoms with Crippen molar-refractivity contribution < 1.29 is 9.90 Å². The van der Waals surface area contributed by atoms with E-state index in [0.29, 0.717) is 6.42 Å². The topological polar surface area (TPSA) is 77.0 Å². The zero-order chi connectivity index (χ0) is 11.8. The molecule has 0 radical (unpaired) electrons. The number of fused-ring (bicyclic) bond motifs is 1. The highest BCUT2D eigenvalue weighted by molar-refractivity contribution is 5.81. The summed E-state index contributed by atoms with van der Waals surface area (Å²) in [5, 5.41) is 14.7. The lowest BCUT2D eigenvalue weighted by Crippen LogP contribution is -2.37. The van der Waals surface area contributed by atoms with Crippen LogP contribution in [0.3, 0.4) is 0 Å². The maximum atomic E-state index is 11.1. The zero-order valence-corrected chi connectivity index (χ0v) is 9.05. The Bertz CT molecular complexity index is 500. The van der Waals surface area contributed by atoms with Gasteiger partial charge in [0.15, 0.2) is 0 Å². The second kappa shape index (κ2) is 3.74. The molecule has 0 aromatic heterocycles. The third-order valence-corrected chi connectivity index (χ3v) is 3.19. The molecule has 0 fully saturated rings. The second-order valence-electron chi connectivity index (χ2n) is 4.15. The van der Waals surface area contributed by atoms with Gasteiger partial charge in [-0.1, -0.05) is 6.07 Å². The van der Waals surface area contributed by atoms with Crippen molar-refractivity contribution in [1.82, 2.24) is 11.1 Å². The number of rotatable bonds is 2. The Morgan fingerprint density at radius 1 is 1.53 bits per heavy atom. The molecule has 0 bridgehead atoms. The summed E-state index contributed by atoms with van der Waals surface area (Å²) in [6.07, 6.45) is 3.14. The Kier molecular flexibility index (Phi) is 2.22. The molecule has 1 aliphatic heterocycles. The molecule has 2 aliphatic rings. The molecule has 0 saturated heterocycles. The first kappa shape index (κ1) is 10.1. The molecular weight excluding hydrogens is 220 g/mol. The van der Waals surface area contributed by atoms with Gasteiger partial charge in [0.25, 0.3) is 0 Å². The zero-order valence-electron chi connectivity index (χ0n) is 9.05. The number of hydrazine groups is 2. The number of nitrogens with one attached hydrogen (secondary N) is 2. The summed E-state index contributed by atoms with van der Waals surface area (Å²) >= 11 is 0. The summed E-state index contributed by atoms with van der Waals surface area (Å²) in [4.78, 5) is 11.1. The normalized spacial score (nSPS) is 21.4. The Morgan fingerprint density at radius 2 is 2.41 bits per heavy atom. The van der Waals surface area contributed by atoms with Crippen LogP contribution in [0.15, 0.2) is 23.3 Å². The summed E-state index contributed by atoms with van der Waals surface area (Å²) in [5.41, 5.74) is 8.45. The van der Waals surface area contributed by atoms with Crippen LogP contribution in [-0.4, -0.2) is 17.4 Å². The molecule has 3 N–H and O–H groups in total. The van der Waals surface area contributed by atoms with E-state index in [2.05, 4.69) is 16.2 Å². The first-order chi connectivity index (χ1) is 8.25. The number of carboxylic acids is 1. The minimum atomic E-state index is -0.737. The smallest absolute Gasteiger partial charge is 0.310 e. The minimum Gasteiger partial charge on any atom is -0.481 e. The monoisotopic (exact) mass is 232 g/mol. The van der Waals surface area contributed by atoms with Crippen LogP contribution in [0, 0.1) is 0 Å². The van der Waals surface area contributed by atoms with E-state index in [1.807, 2.05) is 18.2 Å². The highest BCUT2D eigenvalue weighted by Gasteiger charge is 2.28. The van der Waals surface area contributed by atoms with Crippen LogP contribution in [0.5, 0.6) is 0 Å². The number of aliphatic carboxylic acids is 1. The molecule has 6 nitrogen and oxygen atoms in total. The van der Waals surface area contributed by atoms with Crippen LogP contribution in [0.2, 0.25) is 0 Å². The maximum absolute atomic E-state index is 11.1. The standard InChI is InChI=1S/C11H12N4O2/c16-11(17)10-3-1-7-5-8(2-4-9(7)10)15-6-12-13-14-15/h2,4-6,10,13-14H,1,3H2,(H,16,17). The Morgan fingerprint density at radius 3 is 3.12 bits per heavy atom. The summed E-state index contributed by atoms with van der Waals surface area (Å²) in [6.45, 7) is 0. The van der Waals surface area contributed by atoms with Crippen molar-refractivity contribution in [3.63, 3.8) is 0 Å². The van der Waals surface area contributed by atoms with Crippen molar-refractivity contribution in [2.45, 2.75) is 18.8 Å². The Hall–Kier alpha value is -2.08. The highest BCUT2D eigenvalue weighted by Crippen LogP contribution is 2.35. The van der Waals surface area contributed by atoms with Crippen LogP contribution in [0.1, 0.15) is 23.5 Å². The van der Waals surface area contributed by atoms with Crippen molar-refractivity contribution in [2.24, 2.45) is 5.10 Å². The fourth-order valence-corrected chi connectivity index (χ4v) is 2.34. The van der Waals surface area contributed by atoms with Gasteiger partial charge in [0, 0.05) is 0 Å². The fourth-order valence-electron chi connectivity index (χ4n) is 2.34. The van der Waals surface area contributed by atoms with Gasteiger partial charge in [-0.3, -0.25) is 4.79 Å². The lowest BCUT2D eigenvalue weighted by molar-refractivity contribution is -0.138. The predicted octanol–water partition coefficient (Wildman–Crippen LogP) is 0.574. The van der Waals surface area contributed by atoms with Crippen LogP contribution in [-0.2, 0) is 11.2 Å². The number of hydrazone groups is 1. The van der Waals surface area contributed by atoms with Gasteiger partial charge < -0.3 is 5.11 Å². The molecular formula is C11H12N4O2. The van der Waals surface area contributed by atoms with Gasteiger partial charge in [-0.2, -0.15) is 5.10 Å². The van der Waals surface area contributed by atoms with Gasteiger partial charge in [0.2, 0.25) is 0 Å². The van der Waals surface area contributed by atoms with Crippen molar-refractivity contribution in [3.05, 3.63) is 29.3 Å². The average molecular weight is 232 g/mol. The number of carboxylic acid groups (broad SMARTS) is 1. The first-order valence-electron chi connectivity index (χ1n) is 5.44. The van der Waals surface area contributed by atoms with Crippen LogP contribution < -0.4 is 16.1 Å². The number of benzene rings is 1. The molecule has 3 rings (SSSR count). The molecule has 1 atom stereocenters. The van der Waals surface area contributed by atoms with Crippen LogP contribution in [0.4, 0.5) is 5.69 Å². The molecule has 1 heterocycles. The highest BCUT2D eigenvalue weighted by atomic mass is 16.4. The van der Waals surface area contributed by atoms with E-state index >= 15 is 0 Å². The van der Waals surface area contributed by atoms with Gasteiger partial charge in [0.1, 0.15) is 6.34 Å². The summed E-state index contributed by atoms with van der Waals surface area (Å²) < 4.78 is 0. The summed E-state index contributed by atoms with van der Waals surface area (Å²) in [5.74, 6) is -1.09. The van der Waals surface area contributed by atoms with Gasteiger partial charge in [0.05, 0.1) is 11.6 Å². The van der Waals surface area contributed by atoms with E-state index in [1.54, 1.807) is 11.3 Å². The Labute approximate surface area is 97.9 Å². The molecule has 1 aromatic carbocycles. The first-order valence-corrected chi connectivity index (χ1v) is 5.44. The molecule has 0 amide bonds. The van der Waals surface area contributed by atoms with Gasteiger partial charge >= 0.3 is 5.97 Å². The molecule has 1 aromatic rings. The number of carbonyl (C=O) groups is 1. The van der Waals surface area contributed by atoms with Gasteiger partial charge in [-0.25, -0.2) is 10.5 Å². The van der Waals surface area contributed by atoms with Crippen molar-refractivity contribution >= 4 is 18.0 Å². The van der Waals surface area contributed by atoms with Crippen LogP contribution >= 0.6 is 0 Å². The van der Waals surface area contributed by atoms with E-state index in [0.717, 1.165) is 23.2 Å². The SMILES string of the molecule is O=C(O)C1CCc2cc(N3C=NNN3)ccc21. The number of anilines is 1. The molecule has 0 saturated carbocycles. The minimum absolute atomic E-state index is 0.350. The van der Waals surface area contributed by atoms with E-state index in [-0.39, 0.29) is 5.92 Å². The molecule has 1 unspecified atom stereocenters. The van der Waals surface area contributed by atoms with Crippen molar-refractivity contribution in [3.8, 4) is 0 Å². The largest absolute Gasteiger partial charge is 0.481 e. The quantitative estimate of drug-likeness (QED) is 0.695. The van der Waals surface area contributed by atoms with Crippen molar-refractivity contribution in [2.75, 3.05) is 5.01 Å². The average Bonchev–Trinajstić information content (AvgIpc) is 2.97. The maximum Gasteiger partial charge on any atom is 0.310 e. The fraction of sp³-hybridized carbons (Fsp3) is 0.273. The van der Waals surface area contributed by atoms with Gasteiger partial charge in [-0.15, -0.1) is 5.53 Å². The summed E-state index contributed by atoms with van der Waals surface area (Å²) in [7, 11) is 0. The third kappa shape index (κ3) is 1.62. The predicted molar refractivity (Wildman–Crippen MR) is 62.4 cm³/mol. The van der Waals surface area contributed by atoms with E-state index < -0.39 is 5.97 Å². The second-order valence-corrected chi connectivity index (χ2v) is 4.15. The Balaban J connectivity index is 1.93. The molecule has 88 valence electrons. The van der Waals surface area contributed by atoms with E-state index in [9.17, 15) is 4.79 Å². The number of hydrogen-bond acceptors (Lipinski definition) is 5. The molecule has 6 heteroatoms. The third-order valence-electron chi connectivity index (χ3n) is 3.19. The number of nitrogens with zero attached hydrogens (tertiary/aromatic N) is 2. The van der Waals surface area contributed by atoms with Crippen LogP contribution in [0.25, 0.3) is 0 Å². The van der Waals surface area contributed by atoms with Crippen molar-refractivity contribution in [1.29, 1.82) is 0 Å². The molecule has 0 spiro atoms.